The number of hydrogen-bond acceptors (Lipinski definition) is 4. The van der Waals surface area contributed by atoms with Crippen molar-refractivity contribution in [2.45, 2.75) is 6.92 Å². The van der Waals surface area contributed by atoms with Crippen molar-refractivity contribution in [2.24, 2.45) is 0 Å². The molecule has 3 aromatic rings. The van der Waals surface area contributed by atoms with Gasteiger partial charge in [0, 0.05) is 16.5 Å². The van der Waals surface area contributed by atoms with Crippen molar-refractivity contribution >= 4 is 17.2 Å². The number of aromatic nitrogens is 2. The molecule has 0 saturated heterocycles. The molecule has 94 valence electrons. The number of hydrogen-bond donors (Lipinski definition) is 1. The van der Waals surface area contributed by atoms with Gasteiger partial charge in [-0.2, -0.15) is 0 Å². The molecule has 0 aliphatic heterocycles. The van der Waals surface area contributed by atoms with Gasteiger partial charge in [0.15, 0.2) is 5.82 Å². The van der Waals surface area contributed by atoms with Gasteiger partial charge in [-0.25, -0.2) is 9.97 Å². The average Bonchev–Trinajstić information content (AvgIpc) is 2.86. The van der Waals surface area contributed by atoms with Crippen LogP contribution in [0, 0.1) is 6.92 Å². The van der Waals surface area contributed by atoms with Gasteiger partial charge >= 0.3 is 0 Å². The number of thiophene rings is 1. The van der Waals surface area contributed by atoms with Crippen LogP contribution in [0.3, 0.4) is 0 Å². The zero-order valence-corrected chi connectivity index (χ0v) is 11.3. The van der Waals surface area contributed by atoms with Gasteiger partial charge in [0.1, 0.15) is 5.82 Å². The highest BCUT2D eigenvalue weighted by molar-refractivity contribution is 7.15. The van der Waals surface area contributed by atoms with Crippen LogP contribution >= 0.6 is 11.3 Å². The first-order valence-corrected chi connectivity index (χ1v) is 6.81. The summed E-state index contributed by atoms with van der Waals surface area (Å²) in [6.07, 6.45) is 0. The highest BCUT2D eigenvalue weighted by atomic mass is 32.1. The number of nitrogen functional groups attached to an aromatic ring is 1. The van der Waals surface area contributed by atoms with E-state index in [1.165, 1.54) is 4.88 Å². The lowest BCUT2D eigenvalue weighted by Crippen LogP contribution is -1.97. The fraction of sp³-hybridized carbons (Fsp3) is 0.0667. The SMILES string of the molecule is Cc1ccc(-c2cc(N)nc(-c3ccccc3)n2)s1. The Kier molecular flexibility index (Phi) is 3.01. The van der Waals surface area contributed by atoms with E-state index in [0.29, 0.717) is 11.6 Å². The lowest BCUT2D eigenvalue weighted by atomic mass is 10.2. The van der Waals surface area contributed by atoms with Gasteiger partial charge in [0.2, 0.25) is 0 Å². The molecule has 3 nitrogen and oxygen atoms in total. The molecule has 2 aromatic heterocycles. The van der Waals surface area contributed by atoms with Crippen molar-refractivity contribution in [1.29, 1.82) is 0 Å². The third-order valence-corrected chi connectivity index (χ3v) is 3.79. The smallest absolute Gasteiger partial charge is 0.162 e. The van der Waals surface area contributed by atoms with Gasteiger partial charge in [0.05, 0.1) is 10.6 Å². The van der Waals surface area contributed by atoms with E-state index in [1.807, 2.05) is 36.4 Å². The van der Waals surface area contributed by atoms with E-state index in [9.17, 15) is 0 Å². The van der Waals surface area contributed by atoms with Crippen LogP contribution in [0.5, 0.6) is 0 Å². The normalized spacial score (nSPS) is 10.6. The van der Waals surface area contributed by atoms with Crippen LogP contribution in [0.1, 0.15) is 4.88 Å². The molecule has 0 spiro atoms. The fourth-order valence-corrected chi connectivity index (χ4v) is 2.71. The van der Waals surface area contributed by atoms with E-state index in [4.69, 9.17) is 5.73 Å². The molecular weight excluding hydrogens is 254 g/mol. The second-order valence-corrected chi connectivity index (χ2v) is 5.57. The minimum atomic E-state index is 0.495. The fourth-order valence-electron chi connectivity index (χ4n) is 1.88. The summed E-state index contributed by atoms with van der Waals surface area (Å²) in [6.45, 7) is 2.08. The molecule has 4 heteroatoms. The van der Waals surface area contributed by atoms with E-state index in [1.54, 1.807) is 11.3 Å². The number of aryl methyl sites for hydroxylation is 1. The second kappa shape index (κ2) is 4.82. The van der Waals surface area contributed by atoms with E-state index in [-0.39, 0.29) is 0 Å². The van der Waals surface area contributed by atoms with E-state index < -0.39 is 0 Å². The summed E-state index contributed by atoms with van der Waals surface area (Å²) < 4.78 is 0. The van der Waals surface area contributed by atoms with E-state index >= 15 is 0 Å². The van der Waals surface area contributed by atoms with Crippen LogP contribution in [0.25, 0.3) is 22.0 Å². The number of nitrogens with two attached hydrogens (primary N) is 1. The average molecular weight is 267 g/mol. The van der Waals surface area contributed by atoms with Crippen LogP contribution in [0.2, 0.25) is 0 Å². The Labute approximate surface area is 115 Å². The lowest BCUT2D eigenvalue weighted by Gasteiger charge is -2.04. The quantitative estimate of drug-likeness (QED) is 0.769. The van der Waals surface area contributed by atoms with Crippen LogP contribution in [-0.2, 0) is 0 Å². The van der Waals surface area contributed by atoms with Crippen molar-refractivity contribution in [1.82, 2.24) is 9.97 Å². The second-order valence-electron chi connectivity index (χ2n) is 4.28. The molecule has 2 N–H and O–H groups in total. The van der Waals surface area contributed by atoms with Gasteiger partial charge < -0.3 is 5.73 Å². The molecule has 0 aliphatic carbocycles. The molecule has 19 heavy (non-hydrogen) atoms. The van der Waals surface area contributed by atoms with Gasteiger partial charge in [-0.3, -0.25) is 0 Å². The van der Waals surface area contributed by atoms with Gasteiger partial charge in [0.25, 0.3) is 0 Å². The van der Waals surface area contributed by atoms with Crippen LogP contribution in [0.4, 0.5) is 5.82 Å². The van der Waals surface area contributed by atoms with Gasteiger partial charge in [-0.15, -0.1) is 11.3 Å². The Balaban J connectivity index is 2.11. The largest absolute Gasteiger partial charge is 0.384 e. The van der Waals surface area contributed by atoms with Crippen molar-refractivity contribution < 1.29 is 0 Å². The highest BCUT2D eigenvalue weighted by Crippen LogP contribution is 2.28. The first-order valence-electron chi connectivity index (χ1n) is 5.99. The zero-order chi connectivity index (χ0) is 13.2. The molecule has 1 aromatic carbocycles. The molecule has 3 rings (SSSR count). The number of benzene rings is 1. The summed E-state index contributed by atoms with van der Waals surface area (Å²) in [5.41, 5.74) is 7.75. The molecular formula is C15H13N3S. The summed E-state index contributed by atoms with van der Waals surface area (Å²) in [5.74, 6) is 1.16. The van der Waals surface area contributed by atoms with Crippen molar-refractivity contribution in [3.8, 4) is 22.0 Å². The summed E-state index contributed by atoms with van der Waals surface area (Å²) in [7, 11) is 0. The minimum absolute atomic E-state index is 0.495. The molecule has 0 unspecified atom stereocenters. The predicted octanol–water partition coefficient (Wildman–Crippen LogP) is 3.76. The number of anilines is 1. The summed E-state index contributed by atoms with van der Waals surface area (Å²) in [6, 6.07) is 15.8. The van der Waals surface area contributed by atoms with E-state index in [2.05, 4.69) is 29.0 Å². The highest BCUT2D eigenvalue weighted by Gasteiger charge is 2.08. The van der Waals surface area contributed by atoms with Crippen LogP contribution in [-0.4, -0.2) is 9.97 Å². The third kappa shape index (κ3) is 2.48. The topological polar surface area (TPSA) is 51.8 Å². The summed E-state index contributed by atoms with van der Waals surface area (Å²) >= 11 is 1.71. The molecule has 0 bridgehead atoms. The molecule has 0 atom stereocenters. The standard InChI is InChI=1S/C15H13N3S/c1-10-7-8-13(19-10)12-9-14(16)18-15(17-12)11-5-3-2-4-6-11/h2-9H,1H3,(H2,16,17,18). The third-order valence-electron chi connectivity index (χ3n) is 2.77. The molecule has 0 saturated carbocycles. The predicted molar refractivity (Wildman–Crippen MR) is 79.9 cm³/mol. The first kappa shape index (κ1) is 11.9. The molecule has 0 fully saturated rings. The van der Waals surface area contributed by atoms with E-state index in [0.717, 1.165) is 16.1 Å². The maximum atomic E-state index is 5.89. The molecule has 0 aliphatic rings. The number of rotatable bonds is 2. The van der Waals surface area contributed by atoms with Crippen molar-refractivity contribution in [3.05, 3.63) is 53.4 Å². The first-order chi connectivity index (χ1) is 9.22. The monoisotopic (exact) mass is 267 g/mol. The molecule has 0 amide bonds. The zero-order valence-electron chi connectivity index (χ0n) is 10.5. The van der Waals surface area contributed by atoms with Crippen molar-refractivity contribution in [3.63, 3.8) is 0 Å². The Bertz CT molecular complexity index is 704. The lowest BCUT2D eigenvalue weighted by molar-refractivity contribution is 1.19. The van der Waals surface area contributed by atoms with Crippen LogP contribution in [0.15, 0.2) is 48.5 Å². The number of nitrogens with zero attached hydrogens (tertiary/aromatic N) is 2. The minimum Gasteiger partial charge on any atom is -0.384 e. The van der Waals surface area contributed by atoms with Crippen molar-refractivity contribution in [2.75, 3.05) is 5.73 Å². The Morgan fingerprint density at radius 2 is 1.79 bits per heavy atom. The maximum absolute atomic E-state index is 5.89. The molecule has 2 heterocycles. The Morgan fingerprint density at radius 1 is 1.00 bits per heavy atom. The summed E-state index contributed by atoms with van der Waals surface area (Å²) in [4.78, 5) is 11.3. The Hall–Kier alpha value is -2.20. The summed E-state index contributed by atoms with van der Waals surface area (Å²) in [5, 5.41) is 0. The van der Waals surface area contributed by atoms with Gasteiger partial charge in [-0.1, -0.05) is 30.3 Å². The maximum Gasteiger partial charge on any atom is 0.162 e. The Morgan fingerprint density at radius 3 is 2.47 bits per heavy atom. The van der Waals surface area contributed by atoms with Gasteiger partial charge in [-0.05, 0) is 19.1 Å². The molecule has 0 radical (unpaired) electrons. The van der Waals surface area contributed by atoms with Crippen LogP contribution < -0.4 is 5.73 Å².